The second kappa shape index (κ2) is 8.72. The van der Waals surface area contributed by atoms with Crippen LogP contribution in [0.25, 0.3) is 0 Å². The number of carbonyl (C=O) groups excluding carboxylic acids is 1. The predicted octanol–water partition coefficient (Wildman–Crippen LogP) is 3.17. The normalized spacial score (nSPS) is 10.2. The molecule has 0 saturated heterocycles. The van der Waals surface area contributed by atoms with Crippen LogP contribution in [0.2, 0.25) is 0 Å². The van der Waals surface area contributed by atoms with Gasteiger partial charge < -0.3 is 15.2 Å². The van der Waals surface area contributed by atoms with Crippen molar-refractivity contribution in [1.82, 2.24) is 5.32 Å². The van der Waals surface area contributed by atoms with Crippen LogP contribution >= 0.6 is 0 Å². The SMILES string of the molecule is Cc1ccccc1COc1ccccc1C(=O)NCCCC(=O)O. The summed E-state index contributed by atoms with van der Waals surface area (Å²) >= 11 is 0. The Morgan fingerprint density at radius 1 is 1.08 bits per heavy atom. The van der Waals surface area contributed by atoms with Crippen molar-refractivity contribution in [3.05, 3.63) is 65.2 Å². The zero-order valence-corrected chi connectivity index (χ0v) is 13.6. The number of carboxylic acid groups (broad SMARTS) is 1. The lowest BCUT2D eigenvalue weighted by atomic mass is 10.1. The molecule has 0 bridgehead atoms. The highest BCUT2D eigenvalue weighted by molar-refractivity contribution is 5.96. The van der Waals surface area contributed by atoms with Crippen molar-refractivity contribution in [2.75, 3.05) is 6.54 Å². The van der Waals surface area contributed by atoms with Crippen LogP contribution in [-0.4, -0.2) is 23.5 Å². The molecule has 2 rings (SSSR count). The summed E-state index contributed by atoms with van der Waals surface area (Å²) in [5.41, 5.74) is 2.64. The lowest BCUT2D eigenvalue weighted by molar-refractivity contribution is -0.137. The first-order valence-corrected chi connectivity index (χ1v) is 7.84. The van der Waals surface area contributed by atoms with Crippen LogP contribution in [0.15, 0.2) is 48.5 Å². The molecular weight excluding hydrogens is 306 g/mol. The van der Waals surface area contributed by atoms with Crippen LogP contribution in [-0.2, 0) is 11.4 Å². The highest BCUT2D eigenvalue weighted by atomic mass is 16.5. The Hall–Kier alpha value is -2.82. The van der Waals surface area contributed by atoms with E-state index in [2.05, 4.69) is 5.32 Å². The summed E-state index contributed by atoms with van der Waals surface area (Å²) in [6.45, 7) is 2.72. The highest BCUT2D eigenvalue weighted by Crippen LogP contribution is 2.20. The second-order valence-electron chi connectivity index (χ2n) is 5.46. The van der Waals surface area contributed by atoms with E-state index in [0.717, 1.165) is 11.1 Å². The van der Waals surface area contributed by atoms with Crippen molar-refractivity contribution in [3.63, 3.8) is 0 Å². The smallest absolute Gasteiger partial charge is 0.303 e. The number of benzene rings is 2. The van der Waals surface area contributed by atoms with Gasteiger partial charge in [-0.2, -0.15) is 0 Å². The highest BCUT2D eigenvalue weighted by Gasteiger charge is 2.12. The molecule has 0 atom stereocenters. The van der Waals surface area contributed by atoms with Crippen LogP contribution in [0.3, 0.4) is 0 Å². The number of nitrogens with one attached hydrogen (secondary N) is 1. The summed E-state index contributed by atoms with van der Waals surface area (Å²) in [4.78, 5) is 22.7. The topological polar surface area (TPSA) is 75.6 Å². The molecule has 0 fully saturated rings. The van der Waals surface area contributed by atoms with Gasteiger partial charge >= 0.3 is 5.97 Å². The number of rotatable bonds is 8. The third-order valence-electron chi connectivity index (χ3n) is 3.63. The molecule has 2 aromatic rings. The molecule has 0 unspecified atom stereocenters. The quantitative estimate of drug-likeness (QED) is 0.730. The maximum atomic E-state index is 12.2. The Bertz CT molecular complexity index is 712. The molecule has 0 radical (unpaired) electrons. The number of carboxylic acids is 1. The molecule has 0 aliphatic heterocycles. The van der Waals surface area contributed by atoms with Crippen LogP contribution in [0.5, 0.6) is 5.75 Å². The van der Waals surface area contributed by atoms with E-state index in [1.165, 1.54) is 0 Å². The first kappa shape index (κ1) is 17.5. The van der Waals surface area contributed by atoms with Gasteiger partial charge in [0.25, 0.3) is 5.91 Å². The lowest BCUT2D eigenvalue weighted by Gasteiger charge is -2.12. The minimum atomic E-state index is -0.869. The van der Waals surface area contributed by atoms with Crippen molar-refractivity contribution in [3.8, 4) is 5.75 Å². The molecule has 0 heterocycles. The number of para-hydroxylation sites is 1. The fourth-order valence-corrected chi connectivity index (χ4v) is 2.24. The van der Waals surface area contributed by atoms with Crippen molar-refractivity contribution in [2.24, 2.45) is 0 Å². The van der Waals surface area contributed by atoms with Gasteiger partial charge in [0.2, 0.25) is 0 Å². The summed E-state index contributed by atoms with van der Waals surface area (Å²) in [6, 6.07) is 15.0. The number of amides is 1. The number of aliphatic carboxylic acids is 1. The van der Waals surface area contributed by atoms with Crippen molar-refractivity contribution < 1.29 is 19.4 Å². The van der Waals surface area contributed by atoms with Gasteiger partial charge in [-0.05, 0) is 36.6 Å². The molecule has 5 nitrogen and oxygen atoms in total. The van der Waals surface area contributed by atoms with E-state index in [1.54, 1.807) is 18.2 Å². The van der Waals surface area contributed by atoms with Gasteiger partial charge in [-0.3, -0.25) is 9.59 Å². The Kier molecular flexibility index (Phi) is 6.37. The summed E-state index contributed by atoms with van der Waals surface area (Å²) in [6.07, 6.45) is 0.430. The second-order valence-corrected chi connectivity index (χ2v) is 5.46. The first-order valence-electron chi connectivity index (χ1n) is 7.84. The predicted molar refractivity (Wildman–Crippen MR) is 91.2 cm³/mol. The molecule has 0 saturated carbocycles. The molecule has 2 aromatic carbocycles. The molecule has 0 aliphatic carbocycles. The summed E-state index contributed by atoms with van der Waals surface area (Å²) in [5.74, 6) is -0.622. The van der Waals surface area contributed by atoms with E-state index in [0.29, 0.717) is 30.9 Å². The van der Waals surface area contributed by atoms with Gasteiger partial charge in [-0.1, -0.05) is 36.4 Å². The molecule has 0 spiro atoms. The molecule has 0 aromatic heterocycles. The van der Waals surface area contributed by atoms with Crippen molar-refractivity contribution >= 4 is 11.9 Å². The number of hydrogen-bond donors (Lipinski definition) is 2. The Morgan fingerprint density at radius 3 is 2.54 bits per heavy atom. The third kappa shape index (κ3) is 5.12. The molecule has 1 amide bonds. The van der Waals surface area contributed by atoms with Crippen molar-refractivity contribution in [1.29, 1.82) is 0 Å². The first-order chi connectivity index (χ1) is 11.6. The van der Waals surface area contributed by atoms with E-state index in [4.69, 9.17) is 9.84 Å². The summed E-state index contributed by atoms with van der Waals surface area (Å²) < 4.78 is 5.81. The molecular formula is C19H21NO4. The molecule has 2 N–H and O–H groups in total. The number of carbonyl (C=O) groups is 2. The third-order valence-corrected chi connectivity index (χ3v) is 3.63. The minimum absolute atomic E-state index is 0.0334. The van der Waals surface area contributed by atoms with Crippen LogP contribution < -0.4 is 10.1 Å². The van der Waals surface area contributed by atoms with Gasteiger partial charge in [0.05, 0.1) is 5.56 Å². The Morgan fingerprint density at radius 2 is 1.79 bits per heavy atom. The van der Waals surface area contributed by atoms with Gasteiger partial charge in [0, 0.05) is 13.0 Å². The number of aryl methyl sites for hydroxylation is 1. The summed E-state index contributed by atoms with van der Waals surface area (Å²) in [7, 11) is 0. The number of ether oxygens (including phenoxy) is 1. The van der Waals surface area contributed by atoms with Gasteiger partial charge in [0.1, 0.15) is 12.4 Å². The van der Waals surface area contributed by atoms with E-state index < -0.39 is 5.97 Å². The standard InChI is InChI=1S/C19H21NO4/c1-14-7-2-3-8-15(14)13-24-17-10-5-4-9-16(17)19(23)20-12-6-11-18(21)22/h2-5,7-10H,6,11-13H2,1H3,(H,20,23)(H,21,22). The molecule has 126 valence electrons. The van der Waals surface area contributed by atoms with Crippen molar-refractivity contribution in [2.45, 2.75) is 26.4 Å². The van der Waals surface area contributed by atoms with Crippen LogP contribution in [0.1, 0.15) is 34.3 Å². The maximum absolute atomic E-state index is 12.2. The van der Waals surface area contributed by atoms with E-state index >= 15 is 0 Å². The average Bonchev–Trinajstić information content (AvgIpc) is 2.58. The Labute approximate surface area is 141 Å². The largest absolute Gasteiger partial charge is 0.488 e. The van der Waals surface area contributed by atoms with E-state index in [9.17, 15) is 9.59 Å². The zero-order valence-electron chi connectivity index (χ0n) is 13.6. The van der Waals surface area contributed by atoms with E-state index in [1.807, 2.05) is 37.3 Å². The Balaban J connectivity index is 1.98. The maximum Gasteiger partial charge on any atom is 0.303 e. The fraction of sp³-hybridized carbons (Fsp3) is 0.263. The molecule has 24 heavy (non-hydrogen) atoms. The van der Waals surface area contributed by atoms with Gasteiger partial charge in [-0.25, -0.2) is 0 Å². The molecule has 5 heteroatoms. The summed E-state index contributed by atoms with van der Waals surface area (Å²) in [5, 5.41) is 11.3. The minimum Gasteiger partial charge on any atom is -0.488 e. The van der Waals surface area contributed by atoms with Crippen LogP contribution in [0, 0.1) is 6.92 Å². The van der Waals surface area contributed by atoms with Gasteiger partial charge in [-0.15, -0.1) is 0 Å². The monoisotopic (exact) mass is 327 g/mol. The van der Waals surface area contributed by atoms with Gasteiger partial charge in [0.15, 0.2) is 0 Å². The average molecular weight is 327 g/mol. The van der Waals surface area contributed by atoms with E-state index in [-0.39, 0.29) is 12.3 Å². The zero-order chi connectivity index (χ0) is 17.4. The lowest BCUT2D eigenvalue weighted by Crippen LogP contribution is -2.25. The number of hydrogen-bond acceptors (Lipinski definition) is 3. The fourth-order valence-electron chi connectivity index (χ4n) is 2.24. The molecule has 0 aliphatic rings. The van der Waals surface area contributed by atoms with Crippen LogP contribution in [0.4, 0.5) is 0 Å².